The van der Waals surface area contributed by atoms with Gasteiger partial charge in [0.05, 0.1) is 12.3 Å². The third kappa shape index (κ3) is 7.43. The number of hydrogen-bond donors (Lipinski definition) is 0. The number of esters is 1. The second-order valence-corrected chi connectivity index (χ2v) is 11.3. The van der Waals surface area contributed by atoms with Crippen molar-refractivity contribution in [2.75, 3.05) is 6.54 Å². The fourth-order valence-corrected chi connectivity index (χ4v) is 4.90. The molecular formula is C36H34FN3O3. The third-order valence-electron chi connectivity index (χ3n) is 6.83. The van der Waals surface area contributed by atoms with Crippen LogP contribution in [-0.2, 0) is 16.0 Å². The molecule has 2 amide bonds. The number of hydrogen-bond acceptors (Lipinski definition) is 4. The quantitative estimate of drug-likeness (QED) is 0.164. The predicted octanol–water partition coefficient (Wildman–Crippen LogP) is 7.31. The summed E-state index contributed by atoms with van der Waals surface area (Å²) in [6, 6.07) is 33.4. The molecule has 0 radical (unpaired) electrons. The van der Waals surface area contributed by atoms with Gasteiger partial charge in [0.15, 0.2) is 0 Å². The van der Waals surface area contributed by atoms with Gasteiger partial charge in [-0.1, -0.05) is 103 Å². The summed E-state index contributed by atoms with van der Waals surface area (Å²) < 4.78 is 19.6. The molecule has 7 heteroatoms. The van der Waals surface area contributed by atoms with E-state index in [1.165, 1.54) is 22.0 Å². The summed E-state index contributed by atoms with van der Waals surface area (Å²) >= 11 is 0. The number of ether oxygens (including phenoxy) is 1. The van der Waals surface area contributed by atoms with E-state index >= 15 is 0 Å². The maximum atomic E-state index is 14.3. The van der Waals surface area contributed by atoms with E-state index in [0.717, 1.165) is 16.7 Å². The lowest BCUT2D eigenvalue weighted by atomic mass is 10.0. The van der Waals surface area contributed by atoms with Gasteiger partial charge in [-0.15, -0.1) is 0 Å². The highest BCUT2D eigenvalue weighted by molar-refractivity contribution is 6.13. The molecule has 0 aromatic heterocycles. The molecule has 0 spiro atoms. The molecule has 1 saturated heterocycles. The van der Waals surface area contributed by atoms with Gasteiger partial charge in [0.25, 0.3) is 0 Å². The Morgan fingerprint density at radius 2 is 1.40 bits per heavy atom. The van der Waals surface area contributed by atoms with Crippen LogP contribution in [0, 0.1) is 5.82 Å². The smallest absolute Gasteiger partial charge is 0.345 e. The highest BCUT2D eigenvalue weighted by atomic mass is 19.1. The lowest BCUT2D eigenvalue weighted by molar-refractivity contribution is -0.159. The molecule has 6 nitrogen and oxygen atoms in total. The molecule has 1 heterocycles. The molecule has 0 N–H and O–H groups in total. The topological polar surface area (TPSA) is 62.2 Å². The van der Waals surface area contributed by atoms with Crippen LogP contribution in [0.1, 0.15) is 43.0 Å². The number of amides is 2. The molecule has 1 atom stereocenters. The van der Waals surface area contributed by atoms with Crippen molar-refractivity contribution in [1.82, 2.24) is 9.91 Å². The zero-order valence-corrected chi connectivity index (χ0v) is 24.5. The fourth-order valence-electron chi connectivity index (χ4n) is 4.90. The van der Waals surface area contributed by atoms with E-state index in [2.05, 4.69) is 0 Å². The molecule has 0 saturated carbocycles. The molecule has 4 aromatic carbocycles. The van der Waals surface area contributed by atoms with Crippen LogP contribution in [-0.4, -0.2) is 45.8 Å². The van der Waals surface area contributed by atoms with Gasteiger partial charge in [-0.3, -0.25) is 4.90 Å². The normalized spacial score (nSPS) is 15.0. The zero-order valence-electron chi connectivity index (χ0n) is 24.5. The summed E-state index contributed by atoms with van der Waals surface area (Å²) in [5, 5.41) is 6.26. The van der Waals surface area contributed by atoms with Crippen molar-refractivity contribution in [2.24, 2.45) is 5.10 Å². The van der Waals surface area contributed by atoms with Gasteiger partial charge in [0.2, 0.25) is 0 Å². The van der Waals surface area contributed by atoms with Crippen LogP contribution >= 0.6 is 0 Å². The lowest BCUT2D eigenvalue weighted by Gasteiger charge is -2.30. The third-order valence-corrected chi connectivity index (χ3v) is 6.83. The van der Waals surface area contributed by atoms with Crippen LogP contribution in [0.2, 0.25) is 0 Å². The standard InChI is InChI=1S/C36H34FN3O3/c1-36(2,3)43-34(41)32(24-26-13-7-4-8-14-26)40-31(23-27-19-21-30(37)22-20-27)25-39(35(40)42)38-33(28-15-9-5-10-16-28)29-17-11-6-12-18-29/h4-23,32H,24-25H2,1-3H3/b31-23-/t32-/m1/s1. The second kappa shape index (κ2) is 12.9. The molecule has 5 rings (SSSR count). The van der Waals surface area contributed by atoms with E-state index in [1.807, 2.05) is 91.0 Å². The van der Waals surface area contributed by atoms with Crippen molar-refractivity contribution in [1.29, 1.82) is 0 Å². The predicted molar refractivity (Wildman–Crippen MR) is 167 cm³/mol. The number of urea groups is 1. The maximum Gasteiger partial charge on any atom is 0.345 e. The number of halogens is 1. The van der Waals surface area contributed by atoms with E-state index in [0.29, 0.717) is 17.0 Å². The van der Waals surface area contributed by atoms with Crippen LogP contribution in [0.5, 0.6) is 0 Å². The molecule has 0 unspecified atom stereocenters. The Labute approximate surface area is 251 Å². The summed E-state index contributed by atoms with van der Waals surface area (Å²) in [4.78, 5) is 29.5. The number of rotatable bonds is 8. The maximum absolute atomic E-state index is 14.3. The summed E-state index contributed by atoms with van der Waals surface area (Å²) in [6.45, 7) is 5.50. The second-order valence-electron chi connectivity index (χ2n) is 11.3. The first-order valence-corrected chi connectivity index (χ1v) is 14.2. The van der Waals surface area contributed by atoms with Crippen molar-refractivity contribution in [3.63, 3.8) is 0 Å². The minimum atomic E-state index is -0.960. The van der Waals surface area contributed by atoms with Gasteiger partial charge in [-0.25, -0.2) is 19.0 Å². The van der Waals surface area contributed by atoms with Crippen molar-refractivity contribution in [3.05, 3.63) is 149 Å². The first-order valence-electron chi connectivity index (χ1n) is 14.2. The number of nitrogens with zero attached hydrogens (tertiary/aromatic N) is 3. The largest absolute Gasteiger partial charge is 0.458 e. The number of carbonyl (C=O) groups excluding carboxylic acids is 2. The van der Waals surface area contributed by atoms with Crippen LogP contribution < -0.4 is 0 Å². The Morgan fingerprint density at radius 1 is 0.860 bits per heavy atom. The van der Waals surface area contributed by atoms with Gasteiger partial charge < -0.3 is 4.74 Å². The van der Waals surface area contributed by atoms with Crippen molar-refractivity contribution in [3.8, 4) is 0 Å². The number of carbonyl (C=O) groups is 2. The molecule has 1 fully saturated rings. The molecule has 0 aliphatic carbocycles. The van der Waals surface area contributed by atoms with Gasteiger partial charge in [0.1, 0.15) is 17.5 Å². The van der Waals surface area contributed by atoms with E-state index in [9.17, 15) is 14.0 Å². The summed E-state index contributed by atoms with van der Waals surface area (Å²) in [7, 11) is 0. The van der Waals surface area contributed by atoms with Crippen LogP contribution in [0.25, 0.3) is 6.08 Å². The highest BCUT2D eigenvalue weighted by Gasteiger charge is 2.43. The highest BCUT2D eigenvalue weighted by Crippen LogP contribution is 2.29. The van der Waals surface area contributed by atoms with Gasteiger partial charge in [0, 0.05) is 23.2 Å². The average Bonchev–Trinajstić information content (AvgIpc) is 3.30. The lowest BCUT2D eigenvalue weighted by Crippen LogP contribution is -2.46. The van der Waals surface area contributed by atoms with Crippen molar-refractivity contribution < 1.29 is 18.7 Å². The van der Waals surface area contributed by atoms with Gasteiger partial charge in [-0.2, -0.15) is 5.10 Å². The molecule has 43 heavy (non-hydrogen) atoms. The average molecular weight is 576 g/mol. The Bertz CT molecular complexity index is 1570. The van der Waals surface area contributed by atoms with Gasteiger partial charge >= 0.3 is 12.0 Å². The Kier molecular flexibility index (Phi) is 8.81. The van der Waals surface area contributed by atoms with E-state index in [-0.39, 0.29) is 18.8 Å². The zero-order chi connectivity index (χ0) is 30.4. The first-order chi connectivity index (χ1) is 20.7. The monoisotopic (exact) mass is 575 g/mol. The summed E-state index contributed by atoms with van der Waals surface area (Å²) in [5.41, 5.74) is 3.66. The minimum absolute atomic E-state index is 0.105. The molecule has 0 bridgehead atoms. The van der Waals surface area contributed by atoms with Crippen LogP contribution in [0.4, 0.5) is 9.18 Å². The molecule has 218 valence electrons. The van der Waals surface area contributed by atoms with Crippen molar-refractivity contribution in [2.45, 2.75) is 38.8 Å². The van der Waals surface area contributed by atoms with Gasteiger partial charge in [-0.05, 0) is 50.1 Å². The SMILES string of the molecule is CC(C)(C)OC(=O)[C@@H](Cc1ccccc1)N1C(=O)N(N=C(c2ccccc2)c2ccccc2)C/C1=C/c1ccc(F)cc1. The molecule has 4 aromatic rings. The first kappa shape index (κ1) is 29.5. The number of hydrazone groups is 1. The van der Waals surface area contributed by atoms with E-state index in [4.69, 9.17) is 9.84 Å². The number of benzene rings is 4. The fraction of sp³-hybridized carbons (Fsp3) is 0.194. The molecule has 1 aliphatic heterocycles. The summed E-state index contributed by atoms with van der Waals surface area (Å²) in [6.07, 6.45) is 2.03. The van der Waals surface area contributed by atoms with Crippen LogP contribution in [0.15, 0.2) is 126 Å². The molecular weight excluding hydrogens is 541 g/mol. The Balaban J connectivity index is 1.62. The van der Waals surface area contributed by atoms with Crippen molar-refractivity contribution >= 4 is 23.8 Å². The van der Waals surface area contributed by atoms with Crippen LogP contribution in [0.3, 0.4) is 0 Å². The minimum Gasteiger partial charge on any atom is -0.458 e. The molecule has 1 aliphatic rings. The Hall–Kier alpha value is -5.04. The van der Waals surface area contributed by atoms with E-state index in [1.54, 1.807) is 39.0 Å². The summed E-state index contributed by atoms with van der Waals surface area (Å²) in [5.74, 6) is -0.884. The van der Waals surface area contributed by atoms with E-state index < -0.39 is 23.6 Å². The Morgan fingerprint density at radius 3 is 1.93 bits per heavy atom.